The van der Waals surface area contributed by atoms with Crippen molar-refractivity contribution in [3.8, 4) is 0 Å². The lowest BCUT2D eigenvalue weighted by atomic mass is 10.2. The standard InChI is InChI=1S/C17H17FN4O/c1-23-11-10-19-16-14-4-2-3-5-15(14)21-17(22-16)20-13-8-6-12(18)7-9-13/h2-9H,10-11H2,1H3,(H2,19,20,21,22). The Morgan fingerprint density at radius 2 is 1.83 bits per heavy atom. The molecule has 1 aromatic heterocycles. The van der Waals surface area contributed by atoms with Crippen molar-refractivity contribution in [2.75, 3.05) is 30.9 Å². The van der Waals surface area contributed by atoms with Gasteiger partial charge in [-0.1, -0.05) is 12.1 Å². The lowest BCUT2D eigenvalue weighted by molar-refractivity contribution is 0.210. The van der Waals surface area contributed by atoms with Gasteiger partial charge in [-0.2, -0.15) is 4.98 Å². The van der Waals surface area contributed by atoms with E-state index in [0.717, 1.165) is 22.4 Å². The second-order valence-corrected chi connectivity index (χ2v) is 4.96. The molecule has 0 atom stereocenters. The normalized spacial score (nSPS) is 10.7. The zero-order chi connectivity index (χ0) is 16.1. The monoisotopic (exact) mass is 312 g/mol. The quantitative estimate of drug-likeness (QED) is 0.681. The topological polar surface area (TPSA) is 59.1 Å². The Hall–Kier alpha value is -2.73. The third kappa shape index (κ3) is 3.73. The zero-order valence-corrected chi connectivity index (χ0v) is 12.7. The maximum atomic E-state index is 13.0. The number of anilines is 3. The van der Waals surface area contributed by atoms with Crippen LogP contribution in [0.25, 0.3) is 10.9 Å². The summed E-state index contributed by atoms with van der Waals surface area (Å²) < 4.78 is 18.0. The van der Waals surface area contributed by atoms with Gasteiger partial charge in [0.25, 0.3) is 0 Å². The largest absolute Gasteiger partial charge is 0.383 e. The summed E-state index contributed by atoms with van der Waals surface area (Å²) in [5, 5.41) is 7.28. The first-order valence-electron chi connectivity index (χ1n) is 7.28. The molecule has 0 aliphatic rings. The van der Waals surface area contributed by atoms with Crippen molar-refractivity contribution in [3.05, 3.63) is 54.3 Å². The molecule has 0 fully saturated rings. The molecule has 0 bridgehead atoms. The smallest absolute Gasteiger partial charge is 0.229 e. The van der Waals surface area contributed by atoms with E-state index < -0.39 is 0 Å². The van der Waals surface area contributed by atoms with E-state index >= 15 is 0 Å². The minimum absolute atomic E-state index is 0.281. The van der Waals surface area contributed by atoms with Crippen molar-refractivity contribution < 1.29 is 9.13 Å². The molecule has 0 saturated carbocycles. The Morgan fingerprint density at radius 1 is 1.04 bits per heavy atom. The van der Waals surface area contributed by atoms with Gasteiger partial charge in [0.2, 0.25) is 5.95 Å². The number of rotatable bonds is 6. The van der Waals surface area contributed by atoms with Crippen LogP contribution < -0.4 is 10.6 Å². The summed E-state index contributed by atoms with van der Waals surface area (Å²) in [4.78, 5) is 9.00. The molecule has 0 aliphatic heterocycles. The fraction of sp³-hybridized carbons (Fsp3) is 0.176. The van der Waals surface area contributed by atoms with E-state index in [2.05, 4.69) is 20.6 Å². The minimum Gasteiger partial charge on any atom is -0.383 e. The molecule has 3 aromatic rings. The SMILES string of the molecule is COCCNc1nc(Nc2ccc(F)cc2)nc2ccccc12. The Bertz CT molecular complexity index is 792. The van der Waals surface area contributed by atoms with Gasteiger partial charge < -0.3 is 15.4 Å². The van der Waals surface area contributed by atoms with Crippen molar-refractivity contribution >= 4 is 28.4 Å². The van der Waals surface area contributed by atoms with Gasteiger partial charge in [0.1, 0.15) is 11.6 Å². The van der Waals surface area contributed by atoms with Crippen LogP contribution in [0.3, 0.4) is 0 Å². The lowest BCUT2D eigenvalue weighted by Gasteiger charge is -2.11. The summed E-state index contributed by atoms with van der Waals surface area (Å²) in [5.74, 6) is 0.907. The average molecular weight is 312 g/mol. The van der Waals surface area contributed by atoms with Gasteiger partial charge in [-0.15, -0.1) is 0 Å². The minimum atomic E-state index is -0.281. The highest BCUT2D eigenvalue weighted by atomic mass is 19.1. The van der Waals surface area contributed by atoms with Crippen LogP contribution >= 0.6 is 0 Å². The van der Waals surface area contributed by atoms with Gasteiger partial charge in [0, 0.05) is 24.7 Å². The molecule has 2 N–H and O–H groups in total. The Balaban J connectivity index is 1.92. The third-order valence-electron chi connectivity index (χ3n) is 3.30. The Kier molecular flexibility index (Phi) is 4.63. The van der Waals surface area contributed by atoms with Crippen LogP contribution in [0.15, 0.2) is 48.5 Å². The molecule has 0 unspecified atom stereocenters. The van der Waals surface area contributed by atoms with E-state index in [1.165, 1.54) is 12.1 Å². The molecule has 3 rings (SSSR count). The van der Waals surface area contributed by atoms with Crippen molar-refractivity contribution in [2.45, 2.75) is 0 Å². The zero-order valence-electron chi connectivity index (χ0n) is 12.7. The first-order chi connectivity index (χ1) is 11.3. The van der Waals surface area contributed by atoms with Crippen molar-refractivity contribution in [1.82, 2.24) is 9.97 Å². The number of methoxy groups -OCH3 is 1. The van der Waals surface area contributed by atoms with Gasteiger partial charge in [0.15, 0.2) is 0 Å². The van der Waals surface area contributed by atoms with Gasteiger partial charge in [-0.3, -0.25) is 0 Å². The van der Waals surface area contributed by atoms with Crippen LogP contribution in [0.1, 0.15) is 0 Å². The first-order valence-corrected chi connectivity index (χ1v) is 7.28. The van der Waals surface area contributed by atoms with Crippen LogP contribution in [-0.4, -0.2) is 30.2 Å². The van der Waals surface area contributed by atoms with E-state index in [0.29, 0.717) is 19.1 Å². The van der Waals surface area contributed by atoms with Crippen LogP contribution in [0.4, 0.5) is 21.8 Å². The number of para-hydroxylation sites is 1. The number of benzene rings is 2. The number of nitrogens with zero attached hydrogens (tertiary/aromatic N) is 2. The molecule has 0 spiro atoms. The fourth-order valence-electron chi connectivity index (χ4n) is 2.20. The van der Waals surface area contributed by atoms with E-state index in [9.17, 15) is 4.39 Å². The summed E-state index contributed by atoms with van der Waals surface area (Å²) in [6.45, 7) is 1.23. The van der Waals surface area contributed by atoms with E-state index in [-0.39, 0.29) is 5.82 Å². The molecule has 6 heteroatoms. The summed E-state index contributed by atoms with van der Waals surface area (Å²) in [6, 6.07) is 13.8. The average Bonchev–Trinajstić information content (AvgIpc) is 2.57. The van der Waals surface area contributed by atoms with E-state index in [1.807, 2.05) is 24.3 Å². The van der Waals surface area contributed by atoms with Gasteiger partial charge >= 0.3 is 0 Å². The molecular formula is C17H17FN4O. The second-order valence-electron chi connectivity index (χ2n) is 4.96. The molecule has 2 aromatic carbocycles. The molecule has 0 amide bonds. The van der Waals surface area contributed by atoms with Crippen molar-refractivity contribution in [3.63, 3.8) is 0 Å². The second kappa shape index (κ2) is 7.02. The van der Waals surface area contributed by atoms with E-state index in [4.69, 9.17) is 4.74 Å². The maximum Gasteiger partial charge on any atom is 0.229 e. The lowest BCUT2D eigenvalue weighted by Crippen LogP contribution is -2.10. The molecule has 5 nitrogen and oxygen atoms in total. The fourth-order valence-corrected chi connectivity index (χ4v) is 2.20. The highest BCUT2D eigenvalue weighted by Crippen LogP contribution is 2.23. The highest BCUT2D eigenvalue weighted by Gasteiger charge is 2.07. The number of fused-ring (bicyclic) bond motifs is 1. The van der Waals surface area contributed by atoms with Crippen LogP contribution in [-0.2, 0) is 4.74 Å². The van der Waals surface area contributed by atoms with Gasteiger partial charge in [-0.05, 0) is 36.4 Å². The number of hydrogen-bond acceptors (Lipinski definition) is 5. The predicted molar refractivity (Wildman–Crippen MR) is 89.6 cm³/mol. The molecule has 1 heterocycles. The summed E-state index contributed by atoms with van der Waals surface area (Å²) in [7, 11) is 1.65. The molecule has 0 saturated heterocycles. The summed E-state index contributed by atoms with van der Waals surface area (Å²) in [6.07, 6.45) is 0. The third-order valence-corrected chi connectivity index (χ3v) is 3.30. The first kappa shape index (κ1) is 15.2. The Morgan fingerprint density at radius 3 is 2.61 bits per heavy atom. The highest BCUT2D eigenvalue weighted by molar-refractivity contribution is 5.90. The van der Waals surface area contributed by atoms with Gasteiger partial charge in [-0.25, -0.2) is 9.37 Å². The van der Waals surface area contributed by atoms with Crippen LogP contribution in [0, 0.1) is 5.82 Å². The molecule has 0 radical (unpaired) electrons. The molecular weight excluding hydrogens is 295 g/mol. The molecule has 0 aliphatic carbocycles. The number of aromatic nitrogens is 2. The summed E-state index contributed by atoms with van der Waals surface area (Å²) >= 11 is 0. The maximum absolute atomic E-state index is 13.0. The number of hydrogen-bond donors (Lipinski definition) is 2. The number of nitrogens with one attached hydrogen (secondary N) is 2. The van der Waals surface area contributed by atoms with Crippen LogP contribution in [0.5, 0.6) is 0 Å². The van der Waals surface area contributed by atoms with Crippen LogP contribution in [0.2, 0.25) is 0 Å². The molecule has 118 valence electrons. The molecule has 23 heavy (non-hydrogen) atoms. The van der Waals surface area contributed by atoms with Crippen molar-refractivity contribution in [1.29, 1.82) is 0 Å². The predicted octanol–water partition coefficient (Wildman–Crippen LogP) is 3.57. The Labute approximate surface area is 133 Å². The number of halogens is 1. The van der Waals surface area contributed by atoms with E-state index in [1.54, 1.807) is 19.2 Å². The van der Waals surface area contributed by atoms with Gasteiger partial charge in [0.05, 0.1) is 12.1 Å². The summed E-state index contributed by atoms with van der Waals surface area (Å²) in [5.41, 5.74) is 1.55. The van der Waals surface area contributed by atoms with Crippen molar-refractivity contribution in [2.24, 2.45) is 0 Å². The number of ether oxygens (including phenoxy) is 1.